The topological polar surface area (TPSA) is 45.4 Å². The summed E-state index contributed by atoms with van der Waals surface area (Å²) in [7, 11) is -1.47. The molecule has 0 amide bonds. The normalized spacial score (nSPS) is 10.8. The standard InChI is InChI=1S/C25H20BNO2.C3H6/c1-3-21-16(2)8-13-23-25(21)22-14-17-6-4-5-7-18(17)15-24(22)27(23)20-11-9-19(10-12-20)26(28)29;1-3-2/h3-15,28-29H,1H2,2H3;3H,1H2,2H3. The highest BCUT2D eigenvalue weighted by Crippen LogP contribution is 2.37. The van der Waals surface area contributed by atoms with Gasteiger partial charge in [-0.25, -0.2) is 0 Å². The summed E-state index contributed by atoms with van der Waals surface area (Å²) in [6.45, 7) is 11.4. The number of fused-ring (bicyclic) bond motifs is 4. The first-order valence-corrected chi connectivity index (χ1v) is 10.6. The molecule has 4 aromatic carbocycles. The van der Waals surface area contributed by atoms with Crippen LogP contribution in [0.5, 0.6) is 0 Å². The fourth-order valence-electron chi connectivity index (χ4n) is 4.26. The van der Waals surface area contributed by atoms with Crippen LogP contribution in [-0.2, 0) is 0 Å². The van der Waals surface area contributed by atoms with Crippen molar-refractivity contribution in [1.82, 2.24) is 4.57 Å². The maximum Gasteiger partial charge on any atom is 0.488 e. The molecule has 0 fully saturated rings. The summed E-state index contributed by atoms with van der Waals surface area (Å²) in [5.74, 6) is 0. The van der Waals surface area contributed by atoms with Crippen molar-refractivity contribution in [2.75, 3.05) is 0 Å². The molecule has 32 heavy (non-hydrogen) atoms. The molecule has 1 heterocycles. The molecular weight excluding hydrogens is 393 g/mol. The van der Waals surface area contributed by atoms with Crippen LogP contribution in [0, 0.1) is 6.92 Å². The van der Waals surface area contributed by atoms with E-state index in [1.54, 1.807) is 18.2 Å². The Morgan fingerprint density at radius 1 is 0.844 bits per heavy atom. The lowest BCUT2D eigenvalue weighted by Gasteiger charge is -2.10. The minimum Gasteiger partial charge on any atom is -0.423 e. The third kappa shape index (κ3) is 3.64. The SMILES string of the molecule is C=CC.C=Cc1c(C)ccc2c1c1cc3ccccc3cc1n2-c1ccc(B(O)O)cc1. The largest absolute Gasteiger partial charge is 0.488 e. The number of nitrogens with zero attached hydrogens (tertiary/aromatic N) is 1. The molecule has 0 aliphatic rings. The van der Waals surface area contributed by atoms with E-state index in [9.17, 15) is 10.0 Å². The van der Waals surface area contributed by atoms with Gasteiger partial charge in [0, 0.05) is 16.5 Å². The van der Waals surface area contributed by atoms with Gasteiger partial charge >= 0.3 is 7.12 Å². The van der Waals surface area contributed by atoms with E-state index >= 15 is 0 Å². The van der Waals surface area contributed by atoms with Crippen LogP contribution < -0.4 is 5.46 Å². The van der Waals surface area contributed by atoms with E-state index in [2.05, 4.69) is 73.2 Å². The molecule has 0 atom stereocenters. The highest BCUT2D eigenvalue weighted by Gasteiger charge is 2.17. The molecule has 0 unspecified atom stereocenters. The lowest BCUT2D eigenvalue weighted by molar-refractivity contribution is 0.426. The summed E-state index contributed by atoms with van der Waals surface area (Å²) < 4.78 is 2.23. The Kier molecular flexibility index (Phi) is 6.00. The van der Waals surface area contributed by atoms with E-state index in [0.29, 0.717) is 5.46 Å². The van der Waals surface area contributed by atoms with E-state index in [1.165, 1.54) is 27.1 Å². The zero-order valence-electron chi connectivity index (χ0n) is 18.4. The number of benzene rings is 4. The average Bonchev–Trinajstić information content (AvgIpc) is 3.11. The average molecular weight is 419 g/mol. The van der Waals surface area contributed by atoms with Crippen molar-refractivity contribution in [2.45, 2.75) is 13.8 Å². The molecule has 4 heteroatoms. The monoisotopic (exact) mass is 419 g/mol. The Hall–Kier alpha value is -3.60. The zero-order valence-corrected chi connectivity index (χ0v) is 18.4. The summed E-state index contributed by atoms with van der Waals surface area (Å²) in [4.78, 5) is 0. The highest BCUT2D eigenvalue weighted by atomic mass is 16.4. The summed E-state index contributed by atoms with van der Waals surface area (Å²) in [5.41, 5.74) is 6.01. The van der Waals surface area contributed by atoms with Crippen molar-refractivity contribution < 1.29 is 10.0 Å². The van der Waals surface area contributed by atoms with Gasteiger partial charge in [-0.2, -0.15) is 0 Å². The molecule has 0 spiro atoms. The van der Waals surface area contributed by atoms with E-state index in [0.717, 1.165) is 22.3 Å². The number of aromatic nitrogens is 1. The van der Waals surface area contributed by atoms with Gasteiger partial charge < -0.3 is 14.6 Å². The van der Waals surface area contributed by atoms with Crippen molar-refractivity contribution in [3.8, 4) is 5.69 Å². The number of aryl methyl sites for hydroxylation is 1. The molecule has 0 saturated carbocycles. The number of hydrogen-bond donors (Lipinski definition) is 2. The second-order valence-corrected chi connectivity index (χ2v) is 7.82. The van der Waals surface area contributed by atoms with Crippen molar-refractivity contribution in [2.24, 2.45) is 0 Å². The quantitative estimate of drug-likeness (QED) is 0.289. The highest BCUT2D eigenvalue weighted by molar-refractivity contribution is 6.58. The Morgan fingerprint density at radius 3 is 2.06 bits per heavy atom. The van der Waals surface area contributed by atoms with Gasteiger partial charge in [0.1, 0.15) is 0 Å². The molecule has 0 bridgehead atoms. The van der Waals surface area contributed by atoms with E-state index in [-0.39, 0.29) is 0 Å². The molecule has 3 nitrogen and oxygen atoms in total. The molecule has 0 saturated heterocycles. The van der Waals surface area contributed by atoms with Gasteiger partial charge in [0.2, 0.25) is 0 Å². The predicted molar refractivity (Wildman–Crippen MR) is 139 cm³/mol. The van der Waals surface area contributed by atoms with Crippen LogP contribution in [0.3, 0.4) is 0 Å². The second kappa shape index (κ2) is 8.87. The van der Waals surface area contributed by atoms with Gasteiger partial charge in [0.05, 0.1) is 11.0 Å². The fourth-order valence-corrected chi connectivity index (χ4v) is 4.26. The van der Waals surface area contributed by atoms with Crippen LogP contribution >= 0.6 is 0 Å². The summed E-state index contributed by atoms with van der Waals surface area (Å²) in [5, 5.41) is 23.6. The molecule has 0 aliphatic heterocycles. The van der Waals surface area contributed by atoms with Gasteiger partial charge in [0.15, 0.2) is 0 Å². The maximum atomic E-state index is 9.44. The Bertz CT molecular complexity index is 1450. The molecule has 5 aromatic rings. The smallest absolute Gasteiger partial charge is 0.423 e. The fraction of sp³-hybridized carbons (Fsp3) is 0.0714. The van der Waals surface area contributed by atoms with Gasteiger partial charge in [-0.15, -0.1) is 6.58 Å². The number of hydrogen-bond acceptors (Lipinski definition) is 2. The molecule has 2 N–H and O–H groups in total. The molecule has 1 aromatic heterocycles. The van der Waals surface area contributed by atoms with Crippen LogP contribution in [-0.4, -0.2) is 21.7 Å². The first-order valence-electron chi connectivity index (χ1n) is 10.6. The van der Waals surface area contributed by atoms with Crippen molar-refractivity contribution in [3.05, 3.63) is 103 Å². The van der Waals surface area contributed by atoms with Crippen LogP contribution in [0.4, 0.5) is 0 Å². The lowest BCUT2D eigenvalue weighted by Crippen LogP contribution is -2.29. The molecular formula is C28H26BNO2. The van der Waals surface area contributed by atoms with E-state index < -0.39 is 7.12 Å². The van der Waals surface area contributed by atoms with Crippen molar-refractivity contribution >= 4 is 51.2 Å². The van der Waals surface area contributed by atoms with Gasteiger partial charge in [-0.05, 0) is 71.5 Å². The maximum absolute atomic E-state index is 9.44. The number of allylic oxidation sites excluding steroid dienone is 1. The van der Waals surface area contributed by atoms with Crippen LogP contribution in [0.25, 0.3) is 44.3 Å². The summed E-state index contributed by atoms with van der Waals surface area (Å²) in [6.07, 6.45) is 3.68. The molecule has 0 radical (unpaired) electrons. The third-order valence-corrected chi connectivity index (χ3v) is 5.71. The molecule has 5 rings (SSSR count). The van der Waals surface area contributed by atoms with Crippen molar-refractivity contribution in [3.63, 3.8) is 0 Å². The first kappa shape index (κ1) is 21.6. The minimum atomic E-state index is -1.47. The van der Waals surface area contributed by atoms with E-state index in [4.69, 9.17) is 0 Å². The third-order valence-electron chi connectivity index (χ3n) is 5.71. The van der Waals surface area contributed by atoms with Gasteiger partial charge in [0.25, 0.3) is 0 Å². The molecule has 0 aliphatic carbocycles. The van der Waals surface area contributed by atoms with E-state index in [1.807, 2.05) is 25.1 Å². The number of rotatable bonds is 3. The Balaban J connectivity index is 0.000000775. The first-order chi connectivity index (χ1) is 15.5. The van der Waals surface area contributed by atoms with Gasteiger partial charge in [-0.1, -0.05) is 61.2 Å². The lowest BCUT2D eigenvalue weighted by atomic mass is 9.80. The predicted octanol–water partition coefficient (Wildman–Crippen LogP) is 5.76. The Morgan fingerprint density at radius 2 is 1.47 bits per heavy atom. The van der Waals surface area contributed by atoms with Crippen LogP contribution in [0.2, 0.25) is 0 Å². The summed E-state index contributed by atoms with van der Waals surface area (Å²) in [6, 6.07) is 24.5. The second-order valence-electron chi connectivity index (χ2n) is 7.82. The van der Waals surface area contributed by atoms with Crippen LogP contribution in [0.1, 0.15) is 18.1 Å². The zero-order chi connectivity index (χ0) is 22.8. The van der Waals surface area contributed by atoms with Crippen LogP contribution in [0.15, 0.2) is 92.0 Å². The van der Waals surface area contributed by atoms with Crippen molar-refractivity contribution in [1.29, 1.82) is 0 Å². The minimum absolute atomic E-state index is 0.475. The summed E-state index contributed by atoms with van der Waals surface area (Å²) >= 11 is 0. The Labute approximate surface area is 188 Å². The molecule has 158 valence electrons. The van der Waals surface area contributed by atoms with Gasteiger partial charge in [-0.3, -0.25) is 0 Å².